The first-order valence-electron chi connectivity index (χ1n) is 4.27. The Labute approximate surface area is 111 Å². The van der Waals surface area contributed by atoms with Gasteiger partial charge in [0.25, 0.3) is 5.75 Å². The van der Waals surface area contributed by atoms with E-state index in [9.17, 15) is 45.6 Å². The molecule has 0 aromatic heterocycles. The minimum Gasteiger partial charge on any atom is -0.497 e. The third-order valence-electron chi connectivity index (χ3n) is 2.04. The Hall–Kier alpha value is -3.09. The summed E-state index contributed by atoms with van der Waals surface area (Å²) in [4.78, 5) is 36.7. The predicted molar refractivity (Wildman–Crippen MR) is 59.7 cm³/mol. The Balaban J connectivity index is 4.12. The van der Waals surface area contributed by atoms with E-state index in [2.05, 4.69) is 0 Å². The molecule has 0 bridgehead atoms. The van der Waals surface area contributed by atoms with Crippen LogP contribution in [0.3, 0.4) is 0 Å². The summed E-state index contributed by atoms with van der Waals surface area (Å²) in [7, 11) is 0. The van der Waals surface area contributed by atoms with Crippen LogP contribution in [-0.2, 0) is 0 Å². The van der Waals surface area contributed by atoms with Gasteiger partial charge in [-0.1, -0.05) is 11.6 Å². The number of nitro benzene ring substituents is 4. The molecule has 0 aliphatic rings. The van der Waals surface area contributed by atoms with Gasteiger partial charge in [-0.2, -0.15) is 0 Å². The molecule has 0 spiro atoms. The zero-order chi connectivity index (χ0) is 15.8. The van der Waals surface area contributed by atoms with Crippen molar-refractivity contribution in [2.75, 3.05) is 0 Å². The lowest BCUT2D eigenvalue weighted by Crippen LogP contribution is -2.05. The molecule has 0 saturated carbocycles. The monoisotopic (exact) mass is 308 g/mol. The number of hydrogen-bond acceptors (Lipinski definition) is 9. The van der Waals surface area contributed by atoms with Crippen molar-refractivity contribution >= 4 is 34.4 Å². The molecule has 14 heteroatoms. The Morgan fingerprint density at radius 2 is 1.05 bits per heavy atom. The van der Waals surface area contributed by atoms with E-state index in [0.29, 0.717) is 0 Å². The molecular weight excluding hydrogens is 308 g/mol. The quantitative estimate of drug-likeness (QED) is 0.635. The second kappa shape index (κ2) is 4.88. The number of nitrogens with zero attached hydrogens (tertiary/aromatic N) is 4. The average molecular weight is 309 g/mol. The van der Waals surface area contributed by atoms with Crippen LogP contribution in [0.2, 0.25) is 5.02 Å². The summed E-state index contributed by atoms with van der Waals surface area (Å²) < 4.78 is 0. The minimum absolute atomic E-state index is 1.38. The molecule has 1 N–H and O–H groups in total. The Morgan fingerprint density at radius 3 is 1.35 bits per heavy atom. The standard InChI is InChI=1S/C6HClN4O9/c7-1-2(8(13)14)4(10(17)18)5(11(19)20)6(12)3(1)9(15)16/h12H. The lowest BCUT2D eigenvalue weighted by Gasteiger charge is -2.02. The summed E-state index contributed by atoms with van der Waals surface area (Å²) in [5.74, 6) is -1.73. The second-order valence-electron chi connectivity index (χ2n) is 3.09. The molecule has 13 nitrogen and oxygen atoms in total. The van der Waals surface area contributed by atoms with Gasteiger partial charge in [0.05, 0.1) is 19.7 Å². The summed E-state index contributed by atoms with van der Waals surface area (Å²) >= 11 is 5.26. The van der Waals surface area contributed by atoms with Crippen molar-refractivity contribution in [2.45, 2.75) is 0 Å². The molecule has 0 heterocycles. The molecule has 0 aliphatic carbocycles. The van der Waals surface area contributed by atoms with E-state index in [0.717, 1.165) is 0 Å². The first kappa shape index (κ1) is 15.0. The fourth-order valence-electron chi connectivity index (χ4n) is 1.34. The lowest BCUT2D eigenvalue weighted by atomic mass is 10.2. The number of phenols is 1. The first-order valence-corrected chi connectivity index (χ1v) is 4.65. The topological polar surface area (TPSA) is 193 Å². The van der Waals surface area contributed by atoms with E-state index in [1.165, 1.54) is 0 Å². The van der Waals surface area contributed by atoms with Crippen LogP contribution in [0.4, 0.5) is 22.7 Å². The van der Waals surface area contributed by atoms with E-state index in [1.54, 1.807) is 0 Å². The normalized spacial score (nSPS) is 10.1. The van der Waals surface area contributed by atoms with E-state index < -0.39 is 53.2 Å². The zero-order valence-corrected chi connectivity index (χ0v) is 9.64. The molecule has 0 saturated heterocycles. The SMILES string of the molecule is O=[N+]([O-])c1c(O)c([N+](=O)[O-])c([N+](=O)[O-])c([N+](=O)[O-])c1Cl. The summed E-state index contributed by atoms with van der Waals surface area (Å²) in [5.41, 5.74) is -6.73. The van der Waals surface area contributed by atoms with Crippen molar-refractivity contribution in [3.8, 4) is 5.75 Å². The van der Waals surface area contributed by atoms with Gasteiger partial charge in [-0.15, -0.1) is 0 Å². The molecule has 1 aromatic carbocycles. The molecular formula is C6HClN4O9. The third kappa shape index (κ3) is 2.12. The van der Waals surface area contributed by atoms with Crippen LogP contribution in [0.25, 0.3) is 0 Å². The van der Waals surface area contributed by atoms with Crippen molar-refractivity contribution in [3.05, 3.63) is 45.5 Å². The predicted octanol–water partition coefficient (Wildman–Crippen LogP) is 1.68. The maximum atomic E-state index is 10.7. The second-order valence-corrected chi connectivity index (χ2v) is 3.46. The van der Waals surface area contributed by atoms with Crippen molar-refractivity contribution in [1.82, 2.24) is 0 Å². The van der Waals surface area contributed by atoms with Gasteiger partial charge in [0.15, 0.2) is 0 Å². The summed E-state index contributed by atoms with van der Waals surface area (Å²) in [6, 6.07) is 0. The van der Waals surface area contributed by atoms with Crippen molar-refractivity contribution in [2.24, 2.45) is 0 Å². The largest absolute Gasteiger partial charge is 0.497 e. The molecule has 0 atom stereocenters. The Morgan fingerprint density at radius 1 is 0.700 bits per heavy atom. The maximum Gasteiger partial charge on any atom is 0.428 e. The summed E-state index contributed by atoms with van der Waals surface area (Å²) in [5, 5.41) is 50.6. The number of benzene rings is 1. The summed E-state index contributed by atoms with van der Waals surface area (Å²) in [6.07, 6.45) is 0. The molecule has 1 aromatic rings. The lowest BCUT2D eigenvalue weighted by molar-refractivity contribution is -0.443. The van der Waals surface area contributed by atoms with E-state index >= 15 is 0 Å². The van der Waals surface area contributed by atoms with Gasteiger partial charge >= 0.3 is 22.7 Å². The highest BCUT2D eigenvalue weighted by molar-refractivity contribution is 6.36. The third-order valence-corrected chi connectivity index (χ3v) is 2.40. The first-order chi connectivity index (χ1) is 9.11. The molecule has 1 rings (SSSR count). The van der Waals surface area contributed by atoms with E-state index in [-0.39, 0.29) is 0 Å². The van der Waals surface area contributed by atoms with Gasteiger partial charge in [-0.3, -0.25) is 40.5 Å². The smallest absolute Gasteiger partial charge is 0.428 e. The maximum absolute atomic E-state index is 10.7. The van der Waals surface area contributed by atoms with Crippen molar-refractivity contribution < 1.29 is 24.8 Å². The molecule has 0 unspecified atom stereocenters. The number of aromatic hydroxyl groups is 1. The van der Waals surface area contributed by atoms with Gasteiger partial charge < -0.3 is 5.11 Å². The number of rotatable bonds is 4. The highest BCUT2D eigenvalue weighted by Gasteiger charge is 2.48. The van der Waals surface area contributed by atoms with Gasteiger partial charge in [0.2, 0.25) is 5.02 Å². The van der Waals surface area contributed by atoms with E-state index in [4.69, 9.17) is 11.6 Å². The highest BCUT2D eigenvalue weighted by Crippen LogP contribution is 2.53. The Bertz CT molecular complexity index is 630. The number of nitro groups is 4. The molecule has 0 aliphatic heterocycles. The van der Waals surface area contributed by atoms with Crippen molar-refractivity contribution in [1.29, 1.82) is 0 Å². The average Bonchev–Trinajstić information content (AvgIpc) is 2.25. The van der Waals surface area contributed by atoms with Crippen molar-refractivity contribution in [3.63, 3.8) is 0 Å². The van der Waals surface area contributed by atoms with Gasteiger partial charge in [-0.05, 0) is 0 Å². The van der Waals surface area contributed by atoms with Crippen LogP contribution >= 0.6 is 11.6 Å². The van der Waals surface area contributed by atoms with Gasteiger partial charge in [0.1, 0.15) is 0 Å². The van der Waals surface area contributed by atoms with E-state index in [1.807, 2.05) is 0 Å². The van der Waals surface area contributed by atoms with Crippen LogP contribution in [0.15, 0.2) is 0 Å². The fraction of sp³-hybridized carbons (Fsp3) is 0. The molecule has 0 radical (unpaired) electrons. The molecule has 106 valence electrons. The number of phenolic OH excluding ortho intramolecular Hbond substituents is 1. The minimum atomic E-state index is -1.78. The van der Waals surface area contributed by atoms with Crippen LogP contribution in [0, 0.1) is 40.5 Å². The van der Waals surface area contributed by atoms with Crippen LogP contribution in [0.1, 0.15) is 0 Å². The zero-order valence-electron chi connectivity index (χ0n) is 8.88. The van der Waals surface area contributed by atoms with Gasteiger partial charge in [-0.25, -0.2) is 0 Å². The molecule has 0 fully saturated rings. The number of hydrogen-bond donors (Lipinski definition) is 1. The molecule has 0 amide bonds. The van der Waals surface area contributed by atoms with Gasteiger partial charge in [0, 0.05) is 0 Å². The summed E-state index contributed by atoms with van der Waals surface area (Å²) in [6.45, 7) is 0. The number of halogens is 1. The van der Waals surface area contributed by atoms with Crippen LogP contribution < -0.4 is 0 Å². The fourth-order valence-corrected chi connectivity index (χ4v) is 1.65. The molecule has 20 heavy (non-hydrogen) atoms. The van der Waals surface area contributed by atoms with Crippen LogP contribution in [-0.4, -0.2) is 24.8 Å². The van der Waals surface area contributed by atoms with Crippen LogP contribution in [0.5, 0.6) is 5.75 Å². The Kier molecular flexibility index (Phi) is 3.66. The highest BCUT2D eigenvalue weighted by atomic mass is 35.5.